The van der Waals surface area contributed by atoms with E-state index in [1.165, 1.54) is 0 Å². The van der Waals surface area contributed by atoms with Crippen molar-refractivity contribution in [3.63, 3.8) is 0 Å². The number of carbonyl (C=O) groups excluding carboxylic acids is 3. The van der Waals surface area contributed by atoms with Gasteiger partial charge in [0.15, 0.2) is 0 Å². The third-order valence-electron chi connectivity index (χ3n) is 8.11. The molecule has 3 heterocycles. The molecule has 7 atom stereocenters. The molecule has 8 nitrogen and oxygen atoms in total. The highest BCUT2D eigenvalue weighted by molar-refractivity contribution is 9.09. The molecule has 3 aliphatic rings. The van der Waals surface area contributed by atoms with Crippen molar-refractivity contribution < 1.29 is 24.2 Å². The molecule has 10 heteroatoms. The van der Waals surface area contributed by atoms with Crippen molar-refractivity contribution in [3.05, 3.63) is 24.3 Å². The van der Waals surface area contributed by atoms with Crippen molar-refractivity contribution in [2.24, 2.45) is 17.8 Å². The quantitative estimate of drug-likeness (QED) is 0.315. The molecule has 0 radical (unpaired) electrons. The summed E-state index contributed by atoms with van der Waals surface area (Å²) in [7, 11) is 0. The van der Waals surface area contributed by atoms with Gasteiger partial charge in [-0.15, -0.1) is 11.8 Å². The first-order valence-electron chi connectivity index (χ1n) is 13.2. The van der Waals surface area contributed by atoms with Crippen LogP contribution in [0.2, 0.25) is 0 Å². The minimum absolute atomic E-state index is 0.0220. The van der Waals surface area contributed by atoms with Crippen LogP contribution in [-0.2, 0) is 19.1 Å². The Balaban J connectivity index is 1.71. The number of alkyl halides is 1. The number of esters is 1. The molecule has 3 aliphatic heterocycles. The number of hydrogen-bond acceptors (Lipinski definition) is 7. The number of aliphatic hydroxyl groups excluding tert-OH is 1. The van der Waals surface area contributed by atoms with Crippen LogP contribution in [0.5, 0.6) is 0 Å². The molecule has 2 amide bonds. The number of carbonyl (C=O) groups is 3. The van der Waals surface area contributed by atoms with E-state index in [2.05, 4.69) is 40.0 Å². The van der Waals surface area contributed by atoms with Gasteiger partial charge in [0.1, 0.15) is 6.04 Å². The van der Waals surface area contributed by atoms with Crippen LogP contribution in [0.4, 0.5) is 11.4 Å². The largest absolute Gasteiger partial charge is 0.466 e. The number of nitrogens with one attached hydrogen (secondary N) is 1. The highest BCUT2D eigenvalue weighted by Crippen LogP contribution is 2.68. The zero-order chi connectivity index (χ0) is 27.1. The monoisotopic (exact) mass is 595 g/mol. The standard InChI is InChI=1S/C27H38BrN3O5S/c1-6-30(7-2)17-11-9-16(10-12-17)29-24(33)23-27-13-18(28)22(37-27)20(26(35)36-8-3)21(27)25(34)31(23)19(14-32)15(4)5/h9-12,15,18-23,32H,6-8,13-14H2,1-5H3,(H,29,33)/t18?,19-,20+,21-,22+,23?,27?/m0/s1. The lowest BCUT2D eigenvalue weighted by Crippen LogP contribution is -2.56. The molecule has 1 aromatic rings. The lowest BCUT2D eigenvalue weighted by molar-refractivity contribution is -0.154. The second-order valence-corrected chi connectivity index (χ2v) is 13.1. The number of fused-ring (bicyclic) bond motifs is 1. The number of ether oxygens (including phenoxy) is 1. The lowest BCUT2D eigenvalue weighted by Gasteiger charge is -2.38. The maximum Gasteiger partial charge on any atom is 0.310 e. The first kappa shape index (κ1) is 28.2. The summed E-state index contributed by atoms with van der Waals surface area (Å²) in [5.74, 6) is -2.28. The fourth-order valence-corrected chi connectivity index (χ4v) is 9.99. The number of anilines is 2. The van der Waals surface area contributed by atoms with Crippen LogP contribution in [0.1, 0.15) is 41.0 Å². The molecule has 2 bridgehead atoms. The van der Waals surface area contributed by atoms with Crippen molar-refractivity contribution in [3.8, 4) is 0 Å². The molecule has 0 aliphatic carbocycles. The Hall–Kier alpha value is -1.78. The molecule has 1 aromatic carbocycles. The van der Waals surface area contributed by atoms with E-state index in [0.29, 0.717) is 12.1 Å². The van der Waals surface area contributed by atoms with E-state index >= 15 is 0 Å². The summed E-state index contributed by atoms with van der Waals surface area (Å²) < 4.78 is 4.62. The van der Waals surface area contributed by atoms with Gasteiger partial charge < -0.3 is 25.0 Å². The van der Waals surface area contributed by atoms with Crippen molar-refractivity contribution in [2.75, 3.05) is 36.5 Å². The van der Waals surface area contributed by atoms with Crippen LogP contribution in [0, 0.1) is 17.8 Å². The summed E-state index contributed by atoms with van der Waals surface area (Å²) in [6.07, 6.45) is 0.584. The predicted octanol–water partition coefficient (Wildman–Crippen LogP) is 3.52. The number of benzene rings is 1. The average molecular weight is 597 g/mol. The molecule has 4 rings (SSSR count). The first-order valence-corrected chi connectivity index (χ1v) is 15.0. The first-order chi connectivity index (χ1) is 17.6. The van der Waals surface area contributed by atoms with Crippen LogP contribution in [0.3, 0.4) is 0 Å². The number of aliphatic hydroxyl groups is 1. The maximum atomic E-state index is 14.0. The van der Waals surface area contributed by atoms with Crippen LogP contribution in [0.15, 0.2) is 24.3 Å². The van der Waals surface area contributed by atoms with Crippen LogP contribution in [0.25, 0.3) is 0 Å². The van der Waals surface area contributed by atoms with Crippen molar-refractivity contribution >= 4 is 56.9 Å². The van der Waals surface area contributed by atoms with Crippen molar-refractivity contribution in [1.82, 2.24) is 4.90 Å². The van der Waals surface area contributed by atoms with E-state index in [4.69, 9.17) is 4.74 Å². The average Bonchev–Trinajstić information content (AvgIpc) is 3.45. The fraction of sp³-hybridized carbons (Fsp3) is 0.667. The second kappa shape index (κ2) is 11.1. The third kappa shape index (κ3) is 4.67. The Morgan fingerprint density at radius 3 is 2.43 bits per heavy atom. The molecule has 1 spiro atoms. The summed E-state index contributed by atoms with van der Waals surface area (Å²) in [6, 6.07) is 6.36. The minimum Gasteiger partial charge on any atom is -0.466 e. The molecule has 3 fully saturated rings. The zero-order valence-corrected chi connectivity index (χ0v) is 24.5. The van der Waals surface area contributed by atoms with Gasteiger partial charge in [-0.05, 0) is 57.4 Å². The van der Waals surface area contributed by atoms with E-state index in [1.807, 2.05) is 38.1 Å². The van der Waals surface area contributed by atoms with Gasteiger partial charge in [-0.3, -0.25) is 14.4 Å². The molecule has 0 aromatic heterocycles. The van der Waals surface area contributed by atoms with Gasteiger partial charge in [0.05, 0.1) is 35.8 Å². The molecule has 3 saturated heterocycles. The normalized spacial score (nSPS) is 31.0. The van der Waals surface area contributed by atoms with Crippen molar-refractivity contribution in [2.45, 2.75) is 67.9 Å². The molecular formula is C27H38BrN3O5S. The molecular weight excluding hydrogens is 558 g/mol. The Kier molecular flexibility index (Phi) is 8.50. The van der Waals surface area contributed by atoms with Crippen molar-refractivity contribution in [1.29, 1.82) is 0 Å². The van der Waals surface area contributed by atoms with E-state index < -0.39 is 28.7 Å². The summed E-state index contributed by atoms with van der Waals surface area (Å²) in [4.78, 5) is 44.9. The van der Waals surface area contributed by atoms with Gasteiger partial charge in [0.2, 0.25) is 11.8 Å². The molecule has 0 saturated carbocycles. The lowest BCUT2D eigenvalue weighted by atomic mass is 9.71. The highest BCUT2D eigenvalue weighted by Gasteiger charge is 2.76. The van der Waals surface area contributed by atoms with Gasteiger partial charge in [0, 0.05) is 34.5 Å². The van der Waals surface area contributed by atoms with E-state index in [0.717, 1.165) is 18.8 Å². The number of likely N-dealkylation sites (tertiary alicyclic amines) is 1. The van der Waals surface area contributed by atoms with E-state index in [9.17, 15) is 19.5 Å². The molecule has 3 unspecified atom stereocenters. The number of nitrogens with zero attached hydrogens (tertiary/aromatic N) is 2. The summed E-state index contributed by atoms with van der Waals surface area (Å²) in [5, 5.41) is 13.2. The molecule has 2 N–H and O–H groups in total. The minimum atomic E-state index is -0.818. The number of hydrogen-bond donors (Lipinski definition) is 2. The van der Waals surface area contributed by atoms with Crippen LogP contribution in [-0.4, -0.2) is 81.0 Å². The topological polar surface area (TPSA) is 99.2 Å². The maximum absolute atomic E-state index is 14.0. The third-order valence-corrected chi connectivity index (χ3v) is 11.3. The summed E-state index contributed by atoms with van der Waals surface area (Å²) >= 11 is 5.31. The van der Waals surface area contributed by atoms with E-state index in [1.54, 1.807) is 23.6 Å². The Labute approximate surface area is 232 Å². The van der Waals surface area contributed by atoms with Crippen LogP contribution < -0.4 is 10.2 Å². The van der Waals surface area contributed by atoms with Gasteiger partial charge in [-0.25, -0.2) is 0 Å². The molecule has 37 heavy (non-hydrogen) atoms. The van der Waals surface area contributed by atoms with Crippen LogP contribution >= 0.6 is 27.7 Å². The SMILES string of the molecule is CCOC(=O)[C@H]1[C@@H]2SC3(CC2Br)C(C(=O)Nc2ccc(N(CC)CC)cc2)N([C@@H](CO)C(C)C)C(=O)[C@H]13. The summed E-state index contributed by atoms with van der Waals surface area (Å²) in [5.41, 5.74) is 1.72. The van der Waals surface area contributed by atoms with E-state index in [-0.39, 0.29) is 47.0 Å². The fourth-order valence-electron chi connectivity index (χ4n) is 6.41. The highest BCUT2D eigenvalue weighted by atomic mass is 79.9. The zero-order valence-electron chi connectivity index (χ0n) is 22.1. The predicted molar refractivity (Wildman–Crippen MR) is 150 cm³/mol. The van der Waals surface area contributed by atoms with Gasteiger partial charge in [0.25, 0.3) is 0 Å². The Bertz CT molecular complexity index is 1020. The Morgan fingerprint density at radius 2 is 1.89 bits per heavy atom. The van der Waals surface area contributed by atoms with Gasteiger partial charge >= 0.3 is 5.97 Å². The number of rotatable bonds is 10. The number of amides is 2. The number of thioether (sulfide) groups is 1. The Morgan fingerprint density at radius 1 is 1.24 bits per heavy atom. The molecule has 204 valence electrons. The van der Waals surface area contributed by atoms with Gasteiger partial charge in [-0.1, -0.05) is 29.8 Å². The number of halogens is 1. The smallest absolute Gasteiger partial charge is 0.310 e. The summed E-state index contributed by atoms with van der Waals surface area (Å²) in [6.45, 7) is 11.6. The van der Waals surface area contributed by atoms with Gasteiger partial charge in [-0.2, -0.15) is 0 Å². The second-order valence-electron chi connectivity index (χ2n) is 10.4.